The molecule has 2 aromatic carbocycles. The van der Waals surface area contributed by atoms with Crippen LogP contribution in [0.15, 0.2) is 46.8 Å². The van der Waals surface area contributed by atoms with E-state index in [-0.39, 0.29) is 28.6 Å². The average Bonchev–Trinajstić information content (AvgIpc) is 2.85. The molecule has 2 aromatic rings. The first kappa shape index (κ1) is 26.2. The SMILES string of the molecule is C=CC(=O)N1CCN(C(=NC)c2cc(Cl)c(-c3ccc(F)cc3F)c3c2N(C=O)[C@H](C)CS3)[C@@H](C)C1. The number of halogens is 3. The molecule has 36 heavy (non-hydrogen) atoms. The van der Waals surface area contributed by atoms with Gasteiger partial charge in [0, 0.05) is 72.2 Å². The molecule has 2 heterocycles. The minimum Gasteiger partial charge on any atom is -0.350 e. The number of carbonyl (C=O) groups is 2. The second-order valence-electron chi connectivity index (χ2n) is 8.83. The zero-order valence-corrected chi connectivity index (χ0v) is 21.9. The summed E-state index contributed by atoms with van der Waals surface area (Å²) < 4.78 is 28.5. The number of anilines is 1. The van der Waals surface area contributed by atoms with Gasteiger partial charge in [0.1, 0.15) is 17.5 Å². The maximum atomic E-state index is 14.9. The number of benzene rings is 2. The molecule has 0 unspecified atom stereocenters. The Morgan fingerprint density at radius 3 is 2.58 bits per heavy atom. The van der Waals surface area contributed by atoms with Crippen LogP contribution in [0.25, 0.3) is 11.1 Å². The van der Waals surface area contributed by atoms with Crippen LogP contribution in [0.1, 0.15) is 19.4 Å². The first-order valence-electron chi connectivity index (χ1n) is 11.5. The molecular weight excluding hydrogens is 506 g/mol. The van der Waals surface area contributed by atoms with Gasteiger partial charge in [0.05, 0.1) is 10.7 Å². The molecule has 190 valence electrons. The maximum absolute atomic E-state index is 14.9. The summed E-state index contributed by atoms with van der Waals surface area (Å²) in [6, 6.07) is 4.89. The van der Waals surface area contributed by atoms with Crippen LogP contribution in [0.4, 0.5) is 14.5 Å². The molecule has 0 spiro atoms. The predicted octanol–water partition coefficient (Wildman–Crippen LogP) is 4.84. The van der Waals surface area contributed by atoms with Gasteiger partial charge in [-0.2, -0.15) is 0 Å². The number of hydrogen-bond donors (Lipinski definition) is 0. The molecule has 6 nitrogen and oxygen atoms in total. The summed E-state index contributed by atoms with van der Waals surface area (Å²) in [6.07, 6.45) is 2.07. The second kappa shape index (κ2) is 10.6. The van der Waals surface area contributed by atoms with Crippen LogP contribution >= 0.6 is 23.4 Å². The van der Waals surface area contributed by atoms with Gasteiger partial charge in [-0.1, -0.05) is 18.2 Å². The summed E-state index contributed by atoms with van der Waals surface area (Å²) in [5.74, 6) is -0.334. The van der Waals surface area contributed by atoms with Crippen LogP contribution < -0.4 is 4.90 Å². The summed E-state index contributed by atoms with van der Waals surface area (Å²) in [5, 5.41) is 0.274. The highest BCUT2D eigenvalue weighted by atomic mass is 35.5. The van der Waals surface area contributed by atoms with Crippen LogP contribution in [0.5, 0.6) is 0 Å². The molecule has 2 amide bonds. The largest absolute Gasteiger partial charge is 0.350 e. The van der Waals surface area contributed by atoms with Crippen molar-refractivity contribution in [3.63, 3.8) is 0 Å². The number of nitrogens with zero attached hydrogens (tertiary/aromatic N) is 4. The van der Waals surface area contributed by atoms with E-state index in [0.717, 1.165) is 12.5 Å². The molecule has 0 radical (unpaired) electrons. The fourth-order valence-corrected chi connectivity index (χ4v) is 6.44. The van der Waals surface area contributed by atoms with Gasteiger partial charge < -0.3 is 14.7 Å². The average molecular weight is 533 g/mol. The first-order chi connectivity index (χ1) is 17.2. The highest BCUT2D eigenvalue weighted by Crippen LogP contribution is 2.49. The Balaban J connectivity index is 1.88. The van der Waals surface area contributed by atoms with Crippen LogP contribution in [0.3, 0.4) is 0 Å². The molecule has 1 saturated heterocycles. The Bertz CT molecular complexity index is 1250. The number of piperazine rings is 1. The van der Waals surface area contributed by atoms with Crippen LogP contribution in [-0.4, -0.2) is 72.5 Å². The van der Waals surface area contributed by atoms with E-state index >= 15 is 0 Å². The Morgan fingerprint density at radius 1 is 1.22 bits per heavy atom. The normalized spacial score (nSPS) is 20.3. The number of thioether (sulfide) groups is 1. The standard InChI is InChI=1S/C26H27ClF2N4O2S/c1-5-22(35)31-8-9-32(15(2)12-31)26(30-4)19-11-20(27)23(18-7-6-17(28)10-21(18)29)25-24(19)33(14-34)16(3)13-36-25/h5-7,10-11,14-16H,1,8-9,12-13H2,2-4H3/t15-,16+/m0/s1. The van der Waals surface area contributed by atoms with Crippen molar-refractivity contribution in [1.29, 1.82) is 0 Å². The Hall–Kier alpha value is -2.91. The molecule has 0 saturated carbocycles. The van der Waals surface area contributed by atoms with E-state index in [4.69, 9.17) is 11.6 Å². The summed E-state index contributed by atoms with van der Waals surface area (Å²) >= 11 is 8.26. The minimum absolute atomic E-state index is 0.0663. The lowest BCUT2D eigenvalue weighted by atomic mass is 9.98. The third kappa shape index (κ3) is 4.62. The fraction of sp³-hybridized carbons (Fsp3) is 0.346. The maximum Gasteiger partial charge on any atom is 0.246 e. The molecule has 0 aromatic heterocycles. The Labute approximate surface area is 218 Å². The van der Waals surface area contributed by atoms with Gasteiger partial charge in [0.2, 0.25) is 12.3 Å². The van der Waals surface area contributed by atoms with Crippen LogP contribution in [0, 0.1) is 11.6 Å². The second-order valence-corrected chi connectivity index (χ2v) is 10.3. The van der Waals surface area contributed by atoms with Gasteiger partial charge in [-0.15, -0.1) is 11.8 Å². The van der Waals surface area contributed by atoms with Crippen molar-refractivity contribution in [3.8, 4) is 11.1 Å². The minimum atomic E-state index is -0.732. The van der Waals surface area contributed by atoms with Gasteiger partial charge in [-0.3, -0.25) is 14.6 Å². The van der Waals surface area contributed by atoms with Crippen LogP contribution in [0.2, 0.25) is 5.02 Å². The predicted molar refractivity (Wildman–Crippen MR) is 141 cm³/mol. The van der Waals surface area contributed by atoms with Crippen molar-refractivity contribution in [1.82, 2.24) is 9.80 Å². The number of fused-ring (bicyclic) bond motifs is 1. The monoisotopic (exact) mass is 532 g/mol. The van der Waals surface area contributed by atoms with Crippen molar-refractivity contribution in [2.45, 2.75) is 30.8 Å². The number of amides is 2. The molecule has 0 N–H and O–H groups in total. The summed E-state index contributed by atoms with van der Waals surface area (Å²) in [6.45, 7) is 9.01. The number of rotatable bonds is 4. The summed E-state index contributed by atoms with van der Waals surface area (Å²) in [4.78, 5) is 35.1. The lowest BCUT2D eigenvalue weighted by Crippen LogP contribution is -2.55. The highest BCUT2D eigenvalue weighted by Gasteiger charge is 2.35. The van der Waals surface area contributed by atoms with Gasteiger partial charge in [0.15, 0.2) is 0 Å². The van der Waals surface area contributed by atoms with E-state index in [0.29, 0.717) is 52.9 Å². The van der Waals surface area contributed by atoms with Crippen molar-refractivity contribution >= 4 is 47.2 Å². The van der Waals surface area contributed by atoms with Crippen molar-refractivity contribution < 1.29 is 18.4 Å². The topological polar surface area (TPSA) is 56.2 Å². The number of amidine groups is 1. The molecule has 2 atom stereocenters. The quantitative estimate of drug-likeness (QED) is 0.245. The number of carbonyl (C=O) groups excluding carboxylic acids is 2. The zero-order chi connectivity index (χ0) is 26.1. The molecule has 0 bridgehead atoms. The van der Waals surface area contributed by atoms with E-state index in [1.165, 1.54) is 30.0 Å². The highest BCUT2D eigenvalue weighted by molar-refractivity contribution is 7.99. The third-order valence-electron chi connectivity index (χ3n) is 6.56. The van der Waals surface area contributed by atoms with Crippen molar-refractivity contribution in [2.75, 3.05) is 37.3 Å². The summed E-state index contributed by atoms with van der Waals surface area (Å²) in [7, 11) is 1.67. The van der Waals surface area contributed by atoms with Gasteiger partial charge in [-0.05, 0) is 38.1 Å². The molecule has 2 aliphatic heterocycles. The fourth-order valence-electron chi connectivity index (χ4n) is 4.79. The Kier molecular flexibility index (Phi) is 7.70. The molecule has 10 heteroatoms. The van der Waals surface area contributed by atoms with Crippen LogP contribution in [-0.2, 0) is 9.59 Å². The van der Waals surface area contributed by atoms with E-state index in [1.807, 2.05) is 13.8 Å². The van der Waals surface area contributed by atoms with Crippen molar-refractivity contribution in [3.05, 3.63) is 59.1 Å². The lowest BCUT2D eigenvalue weighted by molar-refractivity contribution is -0.128. The molecular formula is C26H27ClF2N4O2S. The van der Waals surface area contributed by atoms with E-state index < -0.39 is 11.6 Å². The summed E-state index contributed by atoms with van der Waals surface area (Å²) in [5.41, 5.74) is 1.82. The molecule has 1 fully saturated rings. The molecule has 4 rings (SSSR count). The zero-order valence-electron chi connectivity index (χ0n) is 20.3. The lowest BCUT2D eigenvalue weighted by Gasteiger charge is -2.43. The van der Waals surface area contributed by atoms with E-state index in [9.17, 15) is 18.4 Å². The van der Waals surface area contributed by atoms with Gasteiger partial charge >= 0.3 is 0 Å². The number of aliphatic imine (C=N–C) groups is 1. The number of hydrogen-bond acceptors (Lipinski definition) is 4. The Morgan fingerprint density at radius 2 is 1.97 bits per heavy atom. The third-order valence-corrected chi connectivity index (χ3v) is 8.19. The van der Waals surface area contributed by atoms with Gasteiger partial charge in [0.25, 0.3) is 0 Å². The van der Waals surface area contributed by atoms with Gasteiger partial charge in [-0.25, -0.2) is 8.78 Å². The van der Waals surface area contributed by atoms with Crippen molar-refractivity contribution in [2.24, 2.45) is 4.99 Å². The van der Waals surface area contributed by atoms with E-state index in [1.54, 1.807) is 22.9 Å². The van der Waals surface area contributed by atoms with E-state index in [2.05, 4.69) is 16.5 Å². The smallest absolute Gasteiger partial charge is 0.246 e. The first-order valence-corrected chi connectivity index (χ1v) is 12.9. The molecule has 0 aliphatic carbocycles. The molecule has 2 aliphatic rings.